The van der Waals surface area contributed by atoms with E-state index in [-0.39, 0.29) is 0 Å². The third-order valence-electron chi connectivity index (χ3n) is 1.98. The highest BCUT2D eigenvalue weighted by Crippen LogP contribution is 2.10. The van der Waals surface area contributed by atoms with Crippen LogP contribution in [0.15, 0.2) is 0 Å². The minimum Gasteiger partial charge on any atom is -0.480 e. The molecule has 0 rings (SSSR count). The third-order valence-corrected chi connectivity index (χ3v) is 1.98. The Labute approximate surface area is 67.6 Å². The van der Waals surface area contributed by atoms with Crippen molar-refractivity contribution in [2.75, 3.05) is 0 Å². The van der Waals surface area contributed by atoms with Gasteiger partial charge < -0.3 is 10.8 Å². The van der Waals surface area contributed by atoms with Crippen molar-refractivity contribution in [2.45, 2.75) is 39.2 Å². The Balaban J connectivity index is 3.45. The second-order valence-corrected chi connectivity index (χ2v) is 3.04. The highest BCUT2D eigenvalue weighted by atomic mass is 16.4. The number of carbonyl (C=O) groups is 1. The molecule has 0 aliphatic heterocycles. The SMILES string of the molecule is CC[C@@H](C)CC[C@@H](N)C(=O)O. The van der Waals surface area contributed by atoms with Crippen LogP contribution in [0.1, 0.15) is 33.1 Å². The Morgan fingerprint density at radius 2 is 2.09 bits per heavy atom. The summed E-state index contributed by atoms with van der Waals surface area (Å²) in [5.41, 5.74) is 5.32. The number of nitrogens with two attached hydrogens (primary N) is 1. The topological polar surface area (TPSA) is 63.3 Å². The minimum absolute atomic E-state index is 0.584. The maximum absolute atomic E-state index is 10.3. The lowest BCUT2D eigenvalue weighted by atomic mass is 10.00. The molecule has 0 saturated heterocycles. The molecule has 0 aromatic carbocycles. The van der Waals surface area contributed by atoms with E-state index in [9.17, 15) is 4.79 Å². The molecule has 0 radical (unpaired) electrons. The van der Waals surface area contributed by atoms with Gasteiger partial charge in [-0.2, -0.15) is 0 Å². The normalized spacial score (nSPS) is 15.9. The van der Waals surface area contributed by atoms with E-state index >= 15 is 0 Å². The monoisotopic (exact) mass is 159 g/mol. The quantitative estimate of drug-likeness (QED) is 0.634. The lowest BCUT2D eigenvalue weighted by Crippen LogP contribution is -2.30. The number of aliphatic carboxylic acids is 1. The molecular formula is C8H17NO2. The Morgan fingerprint density at radius 3 is 2.45 bits per heavy atom. The van der Waals surface area contributed by atoms with E-state index < -0.39 is 12.0 Å². The van der Waals surface area contributed by atoms with Gasteiger partial charge in [-0.15, -0.1) is 0 Å². The number of rotatable bonds is 5. The summed E-state index contributed by atoms with van der Waals surface area (Å²) in [7, 11) is 0. The van der Waals surface area contributed by atoms with Crippen LogP contribution in [-0.4, -0.2) is 17.1 Å². The second-order valence-electron chi connectivity index (χ2n) is 3.04. The molecule has 0 amide bonds. The fourth-order valence-electron chi connectivity index (χ4n) is 0.792. The van der Waals surface area contributed by atoms with Crippen LogP contribution in [0.25, 0.3) is 0 Å². The first-order valence-electron chi connectivity index (χ1n) is 4.06. The van der Waals surface area contributed by atoms with Crippen molar-refractivity contribution in [3.63, 3.8) is 0 Å². The summed E-state index contributed by atoms with van der Waals surface area (Å²) >= 11 is 0. The average molecular weight is 159 g/mol. The van der Waals surface area contributed by atoms with Gasteiger partial charge in [0.05, 0.1) is 0 Å². The summed E-state index contributed by atoms with van der Waals surface area (Å²) in [6, 6.07) is -0.677. The van der Waals surface area contributed by atoms with Crippen molar-refractivity contribution in [2.24, 2.45) is 11.7 Å². The standard InChI is InChI=1S/C8H17NO2/c1-3-6(2)4-5-7(9)8(10)11/h6-7H,3-5,9H2,1-2H3,(H,10,11)/t6-,7-/m1/s1. The summed E-state index contributed by atoms with van der Waals surface area (Å²) in [6.45, 7) is 4.20. The van der Waals surface area contributed by atoms with E-state index in [4.69, 9.17) is 10.8 Å². The summed E-state index contributed by atoms with van der Waals surface area (Å²) in [6.07, 6.45) is 2.58. The maximum Gasteiger partial charge on any atom is 0.320 e. The summed E-state index contributed by atoms with van der Waals surface area (Å²) in [5.74, 6) is -0.311. The van der Waals surface area contributed by atoms with Gasteiger partial charge in [-0.25, -0.2) is 0 Å². The van der Waals surface area contributed by atoms with Crippen LogP contribution in [0.2, 0.25) is 0 Å². The van der Waals surface area contributed by atoms with E-state index in [1.165, 1.54) is 0 Å². The molecule has 0 heterocycles. The Kier molecular flexibility index (Phi) is 4.86. The number of hydrogen-bond donors (Lipinski definition) is 2. The lowest BCUT2D eigenvalue weighted by molar-refractivity contribution is -0.138. The Morgan fingerprint density at radius 1 is 1.55 bits per heavy atom. The van der Waals surface area contributed by atoms with Gasteiger partial charge >= 0.3 is 5.97 Å². The van der Waals surface area contributed by atoms with E-state index in [2.05, 4.69) is 13.8 Å². The van der Waals surface area contributed by atoms with Crippen LogP contribution < -0.4 is 5.73 Å². The molecule has 0 spiro atoms. The minimum atomic E-state index is -0.895. The maximum atomic E-state index is 10.3. The third kappa shape index (κ3) is 4.79. The van der Waals surface area contributed by atoms with Crippen molar-refractivity contribution in [1.29, 1.82) is 0 Å². The Bertz CT molecular complexity index is 125. The number of carboxylic acids is 1. The fraction of sp³-hybridized carbons (Fsp3) is 0.875. The largest absolute Gasteiger partial charge is 0.480 e. The zero-order valence-corrected chi connectivity index (χ0v) is 7.21. The van der Waals surface area contributed by atoms with Gasteiger partial charge in [0.2, 0.25) is 0 Å². The van der Waals surface area contributed by atoms with Gasteiger partial charge in [0, 0.05) is 0 Å². The highest BCUT2D eigenvalue weighted by molar-refractivity contribution is 5.72. The molecule has 0 unspecified atom stereocenters. The average Bonchev–Trinajstić information content (AvgIpc) is 1.99. The van der Waals surface area contributed by atoms with Crippen molar-refractivity contribution in [1.82, 2.24) is 0 Å². The molecule has 0 aliphatic rings. The smallest absolute Gasteiger partial charge is 0.320 e. The Hall–Kier alpha value is -0.570. The van der Waals surface area contributed by atoms with Crippen LogP contribution >= 0.6 is 0 Å². The fourth-order valence-corrected chi connectivity index (χ4v) is 0.792. The van der Waals surface area contributed by atoms with Gasteiger partial charge in [-0.3, -0.25) is 4.79 Å². The number of carboxylic acid groups (broad SMARTS) is 1. The van der Waals surface area contributed by atoms with Crippen LogP contribution in [-0.2, 0) is 4.79 Å². The first kappa shape index (κ1) is 10.4. The molecule has 0 aliphatic carbocycles. The van der Waals surface area contributed by atoms with Crippen LogP contribution in [0.3, 0.4) is 0 Å². The van der Waals surface area contributed by atoms with Gasteiger partial charge in [-0.1, -0.05) is 20.3 Å². The predicted octanol–water partition coefficient (Wildman–Crippen LogP) is 1.22. The first-order valence-corrected chi connectivity index (χ1v) is 4.06. The summed E-state index contributed by atoms with van der Waals surface area (Å²) in [5, 5.41) is 8.44. The zero-order valence-electron chi connectivity index (χ0n) is 7.21. The molecule has 3 nitrogen and oxygen atoms in total. The molecule has 66 valence electrons. The molecule has 0 aromatic rings. The van der Waals surface area contributed by atoms with Crippen LogP contribution in [0, 0.1) is 5.92 Å². The van der Waals surface area contributed by atoms with Crippen LogP contribution in [0.4, 0.5) is 0 Å². The predicted molar refractivity (Wildman–Crippen MR) is 44.3 cm³/mol. The molecule has 2 atom stereocenters. The van der Waals surface area contributed by atoms with Crippen molar-refractivity contribution < 1.29 is 9.90 Å². The summed E-state index contributed by atoms with van der Waals surface area (Å²) < 4.78 is 0. The zero-order chi connectivity index (χ0) is 8.85. The van der Waals surface area contributed by atoms with Crippen molar-refractivity contribution in [3.05, 3.63) is 0 Å². The van der Waals surface area contributed by atoms with E-state index in [1.807, 2.05) is 0 Å². The van der Waals surface area contributed by atoms with E-state index in [0.717, 1.165) is 12.8 Å². The van der Waals surface area contributed by atoms with E-state index in [1.54, 1.807) is 0 Å². The molecule has 11 heavy (non-hydrogen) atoms. The van der Waals surface area contributed by atoms with Gasteiger partial charge in [0.15, 0.2) is 0 Å². The van der Waals surface area contributed by atoms with Crippen molar-refractivity contribution in [3.8, 4) is 0 Å². The molecule has 3 N–H and O–H groups in total. The van der Waals surface area contributed by atoms with Gasteiger partial charge in [0.1, 0.15) is 6.04 Å². The lowest BCUT2D eigenvalue weighted by Gasteiger charge is -2.09. The molecule has 0 bridgehead atoms. The molecule has 0 aromatic heterocycles. The molecular weight excluding hydrogens is 142 g/mol. The summed E-state index contributed by atoms with van der Waals surface area (Å²) in [4.78, 5) is 10.3. The van der Waals surface area contributed by atoms with Crippen LogP contribution in [0.5, 0.6) is 0 Å². The number of hydrogen-bond acceptors (Lipinski definition) is 2. The van der Waals surface area contributed by atoms with Crippen molar-refractivity contribution >= 4 is 5.97 Å². The molecule has 0 saturated carbocycles. The van der Waals surface area contributed by atoms with Gasteiger partial charge in [0.25, 0.3) is 0 Å². The molecule has 3 heteroatoms. The highest BCUT2D eigenvalue weighted by Gasteiger charge is 2.11. The first-order chi connectivity index (χ1) is 5.07. The van der Waals surface area contributed by atoms with Gasteiger partial charge in [-0.05, 0) is 18.8 Å². The second kappa shape index (κ2) is 5.13. The van der Waals surface area contributed by atoms with E-state index in [0.29, 0.717) is 12.3 Å². The molecule has 0 fully saturated rings.